The van der Waals surface area contributed by atoms with Gasteiger partial charge in [-0.05, 0) is 87.8 Å². The Labute approximate surface area is 183 Å². The number of nitrogens with zero attached hydrogens (tertiary/aromatic N) is 2. The van der Waals surface area contributed by atoms with Gasteiger partial charge in [-0.3, -0.25) is 0 Å². The smallest absolute Gasteiger partial charge is 0.0674 e. The van der Waals surface area contributed by atoms with E-state index in [4.69, 9.17) is 0 Å². The first-order chi connectivity index (χ1) is 13.5. The highest BCUT2D eigenvalue weighted by atomic mass is 16.5. The molecule has 0 fully saturated rings. The van der Waals surface area contributed by atoms with E-state index in [0.29, 0.717) is 11.4 Å². The van der Waals surface area contributed by atoms with E-state index < -0.39 is 11.1 Å². The molecule has 0 aliphatic carbocycles. The first-order valence-electron chi connectivity index (χ1n) is 10.7. The molecule has 0 N–H and O–H groups in total. The minimum absolute atomic E-state index is 0.191. The molecule has 4 heteroatoms. The van der Waals surface area contributed by atoms with Crippen LogP contribution in [-0.4, -0.2) is 11.1 Å². The third kappa shape index (κ3) is 4.65. The van der Waals surface area contributed by atoms with E-state index in [1.165, 1.54) is 11.1 Å². The summed E-state index contributed by atoms with van der Waals surface area (Å²) in [6, 6.07) is 15.9. The molecule has 2 aromatic rings. The van der Waals surface area contributed by atoms with E-state index >= 15 is 0 Å². The zero-order valence-corrected chi connectivity index (χ0v) is 20.3. The van der Waals surface area contributed by atoms with Crippen molar-refractivity contribution in [3.63, 3.8) is 0 Å². The summed E-state index contributed by atoms with van der Waals surface area (Å²) >= 11 is 0. The summed E-state index contributed by atoms with van der Waals surface area (Å²) in [6.45, 7) is 20.4. The molecule has 4 nitrogen and oxygen atoms in total. The highest BCUT2D eigenvalue weighted by molar-refractivity contribution is 5.51. The molecule has 2 rings (SSSR count). The van der Waals surface area contributed by atoms with E-state index in [1.54, 1.807) is 0 Å². The van der Waals surface area contributed by atoms with Gasteiger partial charge in [-0.2, -0.15) is 0 Å². The molecule has 0 saturated heterocycles. The van der Waals surface area contributed by atoms with Gasteiger partial charge in [0.2, 0.25) is 0 Å². The zero-order chi connectivity index (χ0) is 23.1. The predicted octanol–water partition coefficient (Wildman–Crippen LogP) is 6.84. The molecular weight excluding hydrogens is 372 g/mol. The molecule has 0 amide bonds. The van der Waals surface area contributed by atoms with E-state index in [2.05, 4.69) is 52.0 Å². The van der Waals surface area contributed by atoms with Gasteiger partial charge in [0.05, 0.1) is 22.5 Å². The molecule has 0 saturated carbocycles. The number of rotatable bonds is 5. The summed E-state index contributed by atoms with van der Waals surface area (Å²) in [6.07, 6.45) is 0. The average molecular weight is 411 g/mol. The molecule has 0 bridgehead atoms. The van der Waals surface area contributed by atoms with Gasteiger partial charge >= 0.3 is 0 Å². The van der Waals surface area contributed by atoms with Crippen molar-refractivity contribution in [1.29, 1.82) is 0 Å². The maximum Gasteiger partial charge on any atom is 0.0674 e. The summed E-state index contributed by atoms with van der Waals surface area (Å²) < 4.78 is 0. The SMILES string of the molecule is CC(C)(C)N([O])c1ccc(C(C)(C)C(C)(C)c2ccc(N([O])C(C)(C)C)cc2)cc1. The minimum Gasteiger partial charge on any atom is -0.215 e. The van der Waals surface area contributed by atoms with Crippen LogP contribution in [0, 0.1) is 0 Å². The van der Waals surface area contributed by atoms with Crippen LogP contribution >= 0.6 is 0 Å². The minimum atomic E-state index is -0.472. The van der Waals surface area contributed by atoms with Crippen molar-refractivity contribution in [3.8, 4) is 0 Å². The fourth-order valence-electron chi connectivity index (χ4n) is 3.52. The van der Waals surface area contributed by atoms with Crippen molar-refractivity contribution in [2.75, 3.05) is 10.1 Å². The lowest BCUT2D eigenvalue weighted by molar-refractivity contribution is 0.102. The highest BCUT2D eigenvalue weighted by Gasteiger charge is 2.40. The third-order valence-electron chi connectivity index (χ3n) is 6.43. The van der Waals surface area contributed by atoms with Gasteiger partial charge in [0.1, 0.15) is 0 Å². The normalized spacial score (nSPS) is 13.3. The Morgan fingerprint density at radius 1 is 0.467 bits per heavy atom. The molecule has 0 unspecified atom stereocenters. The van der Waals surface area contributed by atoms with E-state index in [1.807, 2.05) is 65.8 Å². The van der Waals surface area contributed by atoms with Crippen molar-refractivity contribution >= 4 is 11.4 Å². The van der Waals surface area contributed by atoms with E-state index in [0.717, 1.165) is 10.1 Å². The molecule has 0 atom stereocenters. The second-order valence-corrected chi connectivity index (χ2v) is 11.3. The van der Waals surface area contributed by atoms with Crippen molar-refractivity contribution in [3.05, 3.63) is 59.7 Å². The highest BCUT2D eigenvalue weighted by Crippen LogP contribution is 2.44. The molecule has 30 heavy (non-hydrogen) atoms. The summed E-state index contributed by atoms with van der Waals surface area (Å²) in [7, 11) is 0. The van der Waals surface area contributed by atoms with Gasteiger partial charge in [-0.15, -0.1) is 0 Å². The molecule has 0 heterocycles. The van der Waals surface area contributed by atoms with Gasteiger partial charge in [0, 0.05) is 0 Å². The summed E-state index contributed by atoms with van der Waals surface area (Å²) in [5.41, 5.74) is 2.35. The molecule has 0 aliphatic heterocycles. The van der Waals surface area contributed by atoms with Crippen LogP contribution in [0.2, 0.25) is 0 Å². The number of hydroxylamine groups is 2. The molecule has 0 aliphatic rings. The molecule has 2 radical (unpaired) electrons. The van der Waals surface area contributed by atoms with Crippen LogP contribution in [0.5, 0.6) is 0 Å². The number of hydrogen-bond donors (Lipinski definition) is 0. The Hall–Kier alpha value is -2.04. The van der Waals surface area contributed by atoms with Crippen molar-refractivity contribution in [1.82, 2.24) is 0 Å². The van der Waals surface area contributed by atoms with E-state index in [-0.39, 0.29) is 10.8 Å². The largest absolute Gasteiger partial charge is 0.215 e. The van der Waals surface area contributed by atoms with E-state index in [9.17, 15) is 10.4 Å². The van der Waals surface area contributed by atoms with Crippen molar-refractivity contribution < 1.29 is 10.4 Å². The van der Waals surface area contributed by atoms with Crippen LogP contribution < -0.4 is 10.1 Å². The second kappa shape index (κ2) is 7.90. The number of hydrogen-bond acceptors (Lipinski definition) is 2. The Morgan fingerprint density at radius 2 is 0.700 bits per heavy atom. The zero-order valence-electron chi connectivity index (χ0n) is 20.3. The lowest BCUT2D eigenvalue weighted by Crippen LogP contribution is -2.41. The molecule has 0 aromatic heterocycles. The van der Waals surface area contributed by atoms with Crippen LogP contribution in [0.15, 0.2) is 48.5 Å². The Balaban J connectivity index is 2.34. The number of anilines is 2. The Bertz CT molecular complexity index is 765. The lowest BCUT2D eigenvalue weighted by Gasteiger charge is -2.43. The van der Waals surface area contributed by atoms with Crippen LogP contribution in [0.1, 0.15) is 80.4 Å². The third-order valence-corrected chi connectivity index (χ3v) is 6.43. The Kier molecular flexibility index (Phi) is 6.38. The monoisotopic (exact) mass is 410 g/mol. The second-order valence-electron chi connectivity index (χ2n) is 11.3. The molecule has 0 spiro atoms. The quantitative estimate of drug-likeness (QED) is 0.506. The summed E-state index contributed by atoms with van der Waals surface area (Å²) in [4.78, 5) is 0. The van der Waals surface area contributed by atoms with Gasteiger partial charge < -0.3 is 0 Å². The van der Waals surface area contributed by atoms with Gasteiger partial charge in [0.25, 0.3) is 0 Å². The summed E-state index contributed by atoms with van der Waals surface area (Å²) in [5.74, 6) is 0. The topological polar surface area (TPSA) is 46.3 Å². The molecular formula is C26H38N2O2. The van der Waals surface area contributed by atoms with Crippen LogP contribution in [0.4, 0.5) is 11.4 Å². The molecule has 164 valence electrons. The first kappa shape index (κ1) is 24.2. The Morgan fingerprint density at radius 3 is 0.900 bits per heavy atom. The maximum atomic E-state index is 12.5. The van der Waals surface area contributed by atoms with Crippen LogP contribution in [0.3, 0.4) is 0 Å². The fraction of sp³-hybridized carbons (Fsp3) is 0.538. The fourth-order valence-corrected chi connectivity index (χ4v) is 3.52. The van der Waals surface area contributed by atoms with Crippen LogP contribution in [-0.2, 0) is 21.2 Å². The van der Waals surface area contributed by atoms with Crippen LogP contribution in [0.25, 0.3) is 0 Å². The first-order valence-corrected chi connectivity index (χ1v) is 10.7. The summed E-state index contributed by atoms with van der Waals surface area (Å²) in [5, 5.41) is 27.1. The van der Waals surface area contributed by atoms with Crippen molar-refractivity contribution in [2.45, 2.75) is 91.1 Å². The average Bonchev–Trinajstić information content (AvgIpc) is 2.65. The van der Waals surface area contributed by atoms with Crippen molar-refractivity contribution in [2.24, 2.45) is 0 Å². The lowest BCUT2D eigenvalue weighted by atomic mass is 9.61. The predicted molar refractivity (Wildman–Crippen MR) is 125 cm³/mol. The maximum absolute atomic E-state index is 12.5. The van der Waals surface area contributed by atoms with Gasteiger partial charge in [0.15, 0.2) is 0 Å². The molecule has 2 aromatic carbocycles. The standard InChI is InChI=1S/C26H38N2O2/c1-23(2,3)27(29)21-15-11-19(12-16-21)25(7,8)26(9,10)20-13-17-22(18-14-20)28(30)24(4,5)6/h11-18H,1-10H3. The number of benzene rings is 2. The van der Waals surface area contributed by atoms with Gasteiger partial charge in [-0.25, -0.2) is 10.1 Å². The van der Waals surface area contributed by atoms with Gasteiger partial charge in [-0.1, -0.05) is 62.4 Å².